The number of nitrogens with one attached hydrogen (secondary N) is 1. The minimum Gasteiger partial charge on any atom is -0.480 e. The molecule has 5 nitrogen and oxygen atoms in total. The molecule has 1 aliphatic rings. The molecular formula is C17H24N2O3. The van der Waals surface area contributed by atoms with Crippen LogP contribution in [0.5, 0.6) is 0 Å². The zero-order valence-corrected chi connectivity index (χ0v) is 13.0. The van der Waals surface area contributed by atoms with E-state index in [1.54, 1.807) is 4.90 Å². The second kappa shape index (κ2) is 7.40. The minimum absolute atomic E-state index is 0.0826. The van der Waals surface area contributed by atoms with Gasteiger partial charge in [0.1, 0.15) is 0 Å². The molecule has 2 rings (SSSR count). The molecule has 22 heavy (non-hydrogen) atoms. The van der Waals surface area contributed by atoms with Crippen LogP contribution in [0.4, 0.5) is 0 Å². The third-order valence-electron chi connectivity index (χ3n) is 4.13. The lowest BCUT2D eigenvalue weighted by Gasteiger charge is -2.21. The van der Waals surface area contributed by atoms with Gasteiger partial charge in [-0.15, -0.1) is 0 Å². The lowest BCUT2D eigenvalue weighted by Crippen LogP contribution is -2.42. The highest BCUT2D eigenvalue weighted by Gasteiger charge is 2.44. The highest BCUT2D eigenvalue weighted by Crippen LogP contribution is 2.47. The lowest BCUT2D eigenvalue weighted by molar-refractivity contribution is -0.138. The molecule has 1 aromatic rings. The number of carboxylic acid groups (broad SMARTS) is 1. The van der Waals surface area contributed by atoms with E-state index >= 15 is 0 Å². The van der Waals surface area contributed by atoms with Crippen molar-refractivity contribution in [2.45, 2.75) is 31.6 Å². The second-order valence-electron chi connectivity index (χ2n) is 6.03. The molecule has 0 unspecified atom stereocenters. The summed E-state index contributed by atoms with van der Waals surface area (Å²) in [4.78, 5) is 24.5. The highest BCUT2D eigenvalue weighted by molar-refractivity contribution is 5.79. The van der Waals surface area contributed by atoms with Gasteiger partial charge < -0.3 is 10.4 Å². The number of carbonyl (C=O) groups is 2. The number of hydrogen-bond donors (Lipinski definition) is 2. The van der Waals surface area contributed by atoms with E-state index in [9.17, 15) is 9.59 Å². The Morgan fingerprint density at radius 3 is 2.45 bits per heavy atom. The average Bonchev–Trinajstić information content (AvgIpc) is 3.27. The van der Waals surface area contributed by atoms with Crippen molar-refractivity contribution in [3.63, 3.8) is 0 Å². The monoisotopic (exact) mass is 304 g/mol. The smallest absolute Gasteiger partial charge is 0.317 e. The summed E-state index contributed by atoms with van der Waals surface area (Å²) in [6.45, 7) is 3.27. The molecule has 1 saturated carbocycles. The van der Waals surface area contributed by atoms with E-state index in [2.05, 4.69) is 17.4 Å². The predicted molar refractivity (Wildman–Crippen MR) is 84.7 cm³/mol. The molecular weight excluding hydrogens is 280 g/mol. The number of nitrogens with zero attached hydrogens (tertiary/aromatic N) is 1. The Kier molecular flexibility index (Phi) is 5.55. The van der Waals surface area contributed by atoms with Gasteiger partial charge in [0.15, 0.2) is 0 Å². The van der Waals surface area contributed by atoms with Crippen LogP contribution >= 0.6 is 0 Å². The molecule has 0 aromatic heterocycles. The Morgan fingerprint density at radius 1 is 1.23 bits per heavy atom. The molecule has 0 bridgehead atoms. The third-order valence-corrected chi connectivity index (χ3v) is 4.13. The van der Waals surface area contributed by atoms with Gasteiger partial charge in [-0.2, -0.15) is 0 Å². The predicted octanol–water partition coefficient (Wildman–Crippen LogP) is 1.63. The lowest BCUT2D eigenvalue weighted by atomic mass is 9.96. The van der Waals surface area contributed by atoms with Crippen molar-refractivity contribution in [3.8, 4) is 0 Å². The fraction of sp³-hybridized carbons (Fsp3) is 0.529. The third kappa shape index (κ3) is 4.56. The van der Waals surface area contributed by atoms with Gasteiger partial charge in [0.05, 0.1) is 13.1 Å². The Labute approximate surface area is 131 Å². The maximum Gasteiger partial charge on any atom is 0.317 e. The van der Waals surface area contributed by atoms with Gasteiger partial charge in [-0.25, -0.2) is 0 Å². The molecule has 5 heteroatoms. The van der Waals surface area contributed by atoms with Gasteiger partial charge in [-0.05, 0) is 31.4 Å². The summed E-state index contributed by atoms with van der Waals surface area (Å²) in [6.07, 6.45) is 3.00. The minimum atomic E-state index is -0.899. The van der Waals surface area contributed by atoms with Crippen molar-refractivity contribution in [1.82, 2.24) is 10.2 Å². The SMILES string of the molecule is CCCN(CC(=O)O)CC(=O)NCC1(c2ccccc2)CC1. The van der Waals surface area contributed by atoms with Crippen LogP contribution in [-0.2, 0) is 15.0 Å². The van der Waals surface area contributed by atoms with Crippen LogP contribution < -0.4 is 5.32 Å². The number of carboxylic acids is 1. The number of hydrogen-bond acceptors (Lipinski definition) is 3. The van der Waals surface area contributed by atoms with E-state index in [4.69, 9.17) is 5.11 Å². The first-order valence-corrected chi connectivity index (χ1v) is 7.82. The van der Waals surface area contributed by atoms with Crippen LogP contribution in [0.25, 0.3) is 0 Å². The second-order valence-corrected chi connectivity index (χ2v) is 6.03. The Balaban J connectivity index is 1.83. The van der Waals surface area contributed by atoms with Crippen molar-refractivity contribution < 1.29 is 14.7 Å². The van der Waals surface area contributed by atoms with E-state index in [0.717, 1.165) is 19.3 Å². The average molecular weight is 304 g/mol. The van der Waals surface area contributed by atoms with Crippen molar-refractivity contribution in [1.29, 1.82) is 0 Å². The quantitative estimate of drug-likeness (QED) is 0.727. The van der Waals surface area contributed by atoms with E-state index in [0.29, 0.717) is 13.1 Å². The van der Waals surface area contributed by atoms with Crippen LogP contribution in [-0.4, -0.2) is 48.1 Å². The van der Waals surface area contributed by atoms with Crippen molar-refractivity contribution in [3.05, 3.63) is 35.9 Å². The molecule has 0 radical (unpaired) electrons. The van der Waals surface area contributed by atoms with Crippen LogP contribution in [0.15, 0.2) is 30.3 Å². The first kappa shape index (κ1) is 16.5. The summed E-state index contributed by atoms with van der Waals surface area (Å²) in [5, 5.41) is 11.8. The van der Waals surface area contributed by atoms with Crippen LogP contribution in [0.2, 0.25) is 0 Å². The summed E-state index contributed by atoms with van der Waals surface area (Å²) < 4.78 is 0. The molecule has 1 fully saturated rings. The molecule has 120 valence electrons. The number of aliphatic carboxylic acids is 1. The number of benzene rings is 1. The topological polar surface area (TPSA) is 69.6 Å². The first-order valence-electron chi connectivity index (χ1n) is 7.82. The van der Waals surface area contributed by atoms with E-state index in [1.807, 2.05) is 25.1 Å². The Morgan fingerprint density at radius 2 is 1.91 bits per heavy atom. The molecule has 0 atom stereocenters. The number of carbonyl (C=O) groups excluding carboxylic acids is 1. The summed E-state index contributed by atoms with van der Waals surface area (Å²) in [5.74, 6) is -0.999. The van der Waals surface area contributed by atoms with E-state index in [-0.39, 0.29) is 24.4 Å². The van der Waals surface area contributed by atoms with Crippen molar-refractivity contribution in [2.24, 2.45) is 0 Å². The zero-order chi connectivity index (χ0) is 16.0. The summed E-state index contributed by atoms with van der Waals surface area (Å²) >= 11 is 0. The first-order chi connectivity index (χ1) is 10.6. The summed E-state index contributed by atoms with van der Waals surface area (Å²) in [7, 11) is 0. The highest BCUT2D eigenvalue weighted by atomic mass is 16.4. The zero-order valence-electron chi connectivity index (χ0n) is 13.0. The van der Waals surface area contributed by atoms with Gasteiger partial charge in [0, 0.05) is 12.0 Å². The van der Waals surface area contributed by atoms with Gasteiger partial charge >= 0.3 is 5.97 Å². The molecule has 1 aliphatic carbocycles. The van der Waals surface area contributed by atoms with Gasteiger partial charge in [-0.1, -0.05) is 37.3 Å². The maximum absolute atomic E-state index is 12.1. The van der Waals surface area contributed by atoms with Gasteiger partial charge in [-0.3, -0.25) is 14.5 Å². The molecule has 0 saturated heterocycles. The van der Waals surface area contributed by atoms with Crippen molar-refractivity contribution in [2.75, 3.05) is 26.2 Å². The van der Waals surface area contributed by atoms with Crippen LogP contribution in [0, 0.1) is 0 Å². The van der Waals surface area contributed by atoms with Gasteiger partial charge in [0.2, 0.25) is 5.91 Å². The van der Waals surface area contributed by atoms with Crippen molar-refractivity contribution >= 4 is 11.9 Å². The normalized spacial score (nSPS) is 15.5. The molecule has 1 aromatic carbocycles. The van der Waals surface area contributed by atoms with E-state index < -0.39 is 5.97 Å². The number of amides is 1. The Hall–Kier alpha value is -1.88. The molecule has 0 aliphatic heterocycles. The summed E-state index contributed by atoms with van der Waals surface area (Å²) in [6, 6.07) is 10.2. The maximum atomic E-state index is 12.1. The summed E-state index contributed by atoms with van der Waals surface area (Å²) in [5.41, 5.74) is 1.35. The fourth-order valence-corrected chi connectivity index (χ4v) is 2.76. The Bertz CT molecular complexity index is 512. The number of rotatable bonds is 9. The van der Waals surface area contributed by atoms with E-state index in [1.165, 1.54) is 5.56 Å². The van der Waals surface area contributed by atoms with Crippen LogP contribution in [0.3, 0.4) is 0 Å². The van der Waals surface area contributed by atoms with Gasteiger partial charge in [0.25, 0.3) is 0 Å². The molecule has 1 amide bonds. The fourth-order valence-electron chi connectivity index (χ4n) is 2.76. The molecule has 2 N–H and O–H groups in total. The standard InChI is InChI=1S/C17H24N2O3/c1-2-10-19(12-16(21)22)11-15(20)18-13-17(8-9-17)14-6-4-3-5-7-14/h3-7H,2,8-13H2,1H3,(H,18,20)(H,21,22). The molecule has 0 heterocycles. The largest absolute Gasteiger partial charge is 0.480 e. The molecule has 0 spiro atoms. The van der Waals surface area contributed by atoms with Crippen LogP contribution in [0.1, 0.15) is 31.7 Å².